The van der Waals surface area contributed by atoms with Crippen LogP contribution in [-0.2, 0) is 0 Å². The first-order chi connectivity index (χ1) is 12.4. The molecule has 1 saturated heterocycles. The molecule has 1 unspecified atom stereocenters. The van der Waals surface area contributed by atoms with Crippen LogP contribution in [0, 0.1) is 0 Å². The van der Waals surface area contributed by atoms with E-state index in [1.54, 1.807) is 17.0 Å². The van der Waals surface area contributed by atoms with Gasteiger partial charge in [0, 0.05) is 30.4 Å². The molecule has 3 atom stereocenters. The van der Waals surface area contributed by atoms with Gasteiger partial charge in [-0.1, -0.05) is 0 Å². The normalized spacial score (nSPS) is 21.0. The summed E-state index contributed by atoms with van der Waals surface area (Å²) >= 11 is 0. The molecule has 0 saturated carbocycles. The number of rotatable bonds is 5. The van der Waals surface area contributed by atoms with Crippen molar-refractivity contribution in [3.05, 3.63) is 24.3 Å². The Kier molecular flexibility index (Phi) is 5.09. The van der Waals surface area contributed by atoms with Crippen molar-refractivity contribution in [3.63, 3.8) is 0 Å². The summed E-state index contributed by atoms with van der Waals surface area (Å²) < 4.78 is 0. The number of aliphatic hydroxyl groups excluding tert-OH is 4. The molecular weight excluding hydrogens is 342 g/mol. The van der Waals surface area contributed by atoms with Crippen molar-refractivity contribution < 1.29 is 25.5 Å². The van der Waals surface area contributed by atoms with E-state index in [0.29, 0.717) is 16.9 Å². The zero-order valence-corrected chi connectivity index (χ0v) is 13.8. The summed E-state index contributed by atoms with van der Waals surface area (Å²) in [7, 11) is 0. The molecule has 0 spiro atoms. The van der Waals surface area contributed by atoms with E-state index in [4.69, 9.17) is 10.8 Å². The molecular formula is C16H21N5O5. The van der Waals surface area contributed by atoms with Gasteiger partial charge in [0.2, 0.25) is 5.95 Å². The van der Waals surface area contributed by atoms with Crippen LogP contribution in [0.3, 0.4) is 0 Å². The first-order valence-electron chi connectivity index (χ1n) is 8.02. The molecule has 1 aromatic heterocycles. The van der Waals surface area contributed by atoms with Crippen LogP contribution in [0.25, 0.3) is 11.3 Å². The molecule has 1 aromatic carbocycles. The third-order valence-corrected chi connectivity index (χ3v) is 4.11. The fraction of sp³-hybridized carbons (Fsp3) is 0.375. The molecule has 1 aliphatic rings. The fourth-order valence-electron chi connectivity index (χ4n) is 2.80. The molecule has 2 aromatic rings. The van der Waals surface area contributed by atoms with E-state index in [1.807, 2.05) is 0 Å². The number of aromatic nitrogens is 2. The summed E-state index contributed by atoms with van der Waals surface area (Å²) in [4.78, 5) is 9.81. The lowest BCUT2D eigenvalue weighted by atomic mass is 10.1. The topological polar surface area (TPSA) is 168 Å². The Morgan fingerprint density at radius 2 is 1.88 bits per heavy atom. The van der Waals surface area contributed by atoms with Gasteiger partial charge in [0.15, 0.2) is 0 Å². The summed E-state index contributed by atoms with van der Waals surface area (Å²) in [6.07, 6.45) is -2.89. The number of benzene rings is 1. The van der Waals surface area contributed by atoms with E-state index >= 15 is 0 Å². The van der Waals surface area contributed by atoms with Crippen molar-refractivity contribution in [3.8, 4) is 17.0 Å². The van der Waals surface area contributed by atoms with Gasteiger partial charge in [-0.2, -0.15) is 4.98 Å². The lowest BCUT2D eigenvalue weighted by Crippen LogP contribution is -2.23. The third kappa shape index (κ3) is 3.78. The highest BCUT2D eigenvalue weighted by Crippen LogP contribution is 2.34. The van der Waals surface area contributed by atoms with Crippen molar-refractivity contribution >= 4 is 17.5 Å². The molecule has 1 aliphatic heterocycles. The van der Waals surface area contributed by atoms with Gasteiger partial charge >= 0.3 is 0 Å². The maximum absolute atomic E-state index is 10.2. The molecule has 10 nitrogen and oxygen atoms in total. The number of aromatic hydroxyl groups is 1. The van der Waals surface area contributed by atoms with Crippen molar-refractivity contribution in [2.45, 2.75) is 18.4 Å². The van der Waals surface area contributed by atoms with Crippen molar-refractivity contribution in [1.29, 1.82) is 0 Å². The Morgan fingerprint density at radius 1 is 1.19 bits per heavy atom. The van der Waals surface area contributed by atoms with Crippen molar-refractivity contribution in [2.75, 3.05) is 35.6 Å². The summed E-state index contributed by atoms with van der Waals surface area (Å²) in [5.41, 5.74) is 7.07. The van der Waals surface area contributed by atoms with Crippen LogP contribution in [-0.4, -0.2) is 73.6 Å². The number of hydrogen-bond donors (Lipinski definition) is 7. The molecule has 1 fully saturated rings. The van der Waals surface area contributed by atoms with Gasteiger partial charge in [-0.15, -0.1) is 0 Å². The lowest BCUT2D eigenvalue weighted by molar-refractivity contribution is 0.0572. The molecule has 10 heteroatoms. The Bertz CT molecular complexity index is 780. The lowest BCUT2D eigenvalue weighted by Gasteiger charge is -2.19. The van der Waals surface area contributed by atoms with E-state index in [2.05, 4.69) is 15.3 Å². The van der Waals surface area contributed by atoms with Crippen molar-refractivity contribution in [1.82, 2.24) is 9.97 Å². The molecule has 0 aliphatic carbocycles. The van der Waals surface area contributed by atoms with Crippen LogP contribution < -0.4 is 16.0 Å². The summed E-state index contributed by atoms with van der Waals surface area (Å²) in [5, 5.41) is 50.6. The van der Waals surface area contributed by atoms with Crippen LogP contribution in [0.1, 0.15) is 0 Å². The predicted molar refractivity (Wildman–Crippen MR) is 94.5 cm³/mol. The summed E-state index contributed by atoms with van der Waals surface area (Å²) in [5.74, 6) is 0.0682. The van der Waals surface area contributed by atoms with E-state index in [1.165, 1.54) is 12.1 Å². The molecule has 140 valence electrons. The van der Waals surface area contributed by atoms with Gasteiger partial charge < -0.3 is 41.5 Å². The molecule has 26 heavy (non-hydrogen) atoms. The van der Waals surface area contributed by atoms with Gasteiger partial charge in [-0.3, -0.25) is 0 Å². The van der Waals surface area contributed by atoms with Crippen LogP contribution in [0.5, 0.6) is 5.75 Å². The maximum Gasteiger partial charge on any atom is 0.222 e. The number of nitrogen functional groups attached to an aromatic ring is 1. The Hall–Kier alpha value is -2.66. The van der Waals surface area contributed by atoms with Gasteiger partial charge in [-0.25, -0.2) is 4.98 Å². The molecule has 3 rings (SSSR count). The minimum atomic E-state index is -1.22. The number of aliphatic hydroxyl groups is 4. The number of nitrogens with zero attached hydrogens (tertiary/aromatic N) is 3. The van der Waals surface area contributed by atoms with E-state index in [-0.39, 0.29) is 30.6 Å². The number of phenolic OH excluding ortho intramolecular Hbond substituents is 1. The predicted octanol–water partition coefficient (Wildman–Crippen LogP) is -1.30. The van der Waals surface area contributed by atoms with E-state index in [0.717, 1.165) is 0 Å². The van der Waals surface area contributed by atoms with Crippen LogP contribution >= 0.6 is 0 Å². The first-order valence-corrected chi connectivity index (χ1v) is 8.02. The molecule has 2 heterocycles. The second-order valence-corrected chi connectivity index (χ2v) is 6.08. The summed E-state index contributed by atoms with van der Waals surface area (Å²) in [6.45, 7) is 0.0270. The smallest absolute Gasteiger partial charge is 0.222 e. The first kappa shape index (κ1) is 18.1. The van der Waals surface area contributed by atoms with Gasteiger partial charge in [0.25, 0.3) is 0 Å². The average molecular weight is 363 g/mol. The van der Waals surface area contributed by atoms with E-state index in [9.17, 15) is 20.4 Å². The number of anilines is 3. The summed E-state index contributed by atoms with van der Waals surface area (Å²) in [6, 6.07) is 6.29. The maximum atomic E-state index is 10.2. The fourth-order valence-corrected chi connectivity index (χ4v) is 2.80. The van der Waals surface area contributed by atoms with Gasteiger partial charge in [0.05, 0.1) is 24.5 Å². The van der Waals surface area contributed by atoms with Crippen molar-refractivity contribution in [2.24, 2.45) is 0 Å². The second-order valence-electron chi connectivity index (χ2n) is 6.08. The average Bonchev–Trinajstić information content (AvgIpc) is 2.93. The van der Waals surface area contributed by atoms with Crippen LogP contribution in [0.15, 0.2) is 24.3 Å². The van der Waals surface area contributed by atoms with Gasteiger partial charge in [0.1, 0.15) is 17.8 Å². The zero-order valence-electron chi connectivity index (χ0n) is 13.8. The number of β-amino-alcohol motifs (C(OH)–C–C–N with tert-alkyl or cyclic N) is 2. The highest BCUT2D eigenvalue weighted by atomic mass is 16.3. The second kappa shape index (κ2) is 7.30. The SMILES string of the molecule is Nc1nc(NC(O)CO)cc(-c2cc(N3C[C@H](O)[C@@H](O)C3)ccc2O)n1. The Labute approximate surface area is 149 Å². The number of nitrogens with two attached hydrogens (primary N) is 1. The number of phenols is 1. The number of nitrogens with one attached hydrogen (secondary N) is 1. The highest BCUT2D eigenvalue weighted by molar-refractivity contribution is 5.74. The highest BCUT2D eigenvalue weighted by Gasteiger charge is 2.30. The Morgan fingerprint density at radius 3 is 2.54 bits per heavy atom. The van der Waals surface area contributed by atoms with Crippen LogP contribution in [0.2, 0.25) is 0 Å². The zero-order chi connectivity index (χ0) is 18.8. The van der Waals surface area contributed by atoms with Crippen LogP contribution in [0.4, 0.5) is 17.5 Å². The Balaban J connectivity index is 1.95. The molecule has 0 bridgehead atoms. The molecule has 0 radical (unpaired) electrons. The quantitative estimate of drug-likeness (QED) is 0.317. The molecule has 8 N–H and O–H groups in total. The largest absolute Gasteiger partial charge is 0.507 e. The minimum Gasteiger partial charge on any atom is -0.507 e. The molecule has 0 amide bonds. The van der Waals surface area contributed by atoms with Gasteiger partial charge in [-0.05, 0) is 18.2 Å². The third-order valence-electron chi connectivity index (χ3n) is 4.11. The number of hydrogen-bond acceptors (Lipinski definition) is 10. The monoisotopic (exact) mass is 363 g/mol. The standard InChI is InChI=1S/C16H21N5O5/c17-16-18-10(4-14(20-16)19-15(26)7-22)9-3-8(1-2-11(9)23)21-5-12(24)13(25)6-21/h1-4,12-13,15,22-26H,5-7H2,(H3,17,18,19,20)/t12-,13-,15?/m0/s1. The van der Waals surface area contributed by atoms with E-state index < -0.39 is 25.0 Å². The minimum absolute atomic E-state index is 0.0409.